The van der Waals surface area contributed by atoms with Crippen LogP contribution in [0.5, 0.6) is 0 Å². The third kappa shape index (κ3) is 2.08. The minimum atomic E-state index is -0.605. The van der Waals surface area contributed by atoms with Gasteiger partial charge in [0.2, 0.25) is 5.91 Å². The molecule has 6 nitrogen and oxygen atoms in total. The molecule has 1 aromatic heterocycles. The van der Waals surface area contributed by atoms with Crippen molar-refractivity contribution in [2.45, 2.75) is 0 Å². The van der Waals surface area contributed by atoms with Crippen LogP contribution in [0.4, 0.5) is 0 Å². The summed E-state index contributed by atoms with van der Waals surface area (Å²) in [5.74, 6) is -1.09. The predicted molar refractivity (Wildman–Crippen MR) is 38.0 cm³/mol. The maximum atomic E-state index is 11.0. The Morgan fingerprint density at radius 3 is 2.92 bits per heavy atom. The van der Waals surface area contributed by atoms with E-state index in [0.717, 1.165) is 0 Å². The third-order valence-corrected chi connectivity index (χ3v) is 1.09. The molecule has 2 amide bonds. The Morgan fingerprint density at radius 2 is 2.42 bits per heavy atom. The molecule has 0 aliphatic carbocycles. The molecular formula is C6H7N3O3. The maximum Gasteiger partial charge on any atom is 0.273 e. The molecule has 1 aromatic rings. The number of carbonyl (C=O) groups excluding carboxylic acids is 2. The highest BCUT2D eigenvalue weighted by molar-refractivity contribution is 5.94. The molecule has 6 heteroatoms. The molecule has 3 N–H and O–H groups in total. The number of hydrogen-bond acceptors (Lipinski definition) is 4. The predicted octanol–water partition coefficient (Wildman–Crippen LogP) is -1.11. The lowest BCUT2D eigenvalue weighted by molar-refractivity contribution is -0.117. The van der Waals surface area contributed by atoms with Crippen molar-refractivity contribution in [2.75, 3.05) is 6.54 Å². The molecule has 0 spiro atoms. The van der Waals surface area contributed by atoms with Crippen molar-refractivity contribution in [3.05, 3.63) is 18.0 Å². The van der Waals surface area contributed by atoms with Crippen LogP contribution < -0.4 is 11.1 Å². The summed E-state index contributed by atoms with van der Waals surface area (Å²) in [4.78, 5) is 21.2. The fourth-order valence-electron chi connectivity index (χ4n) is 0.588. The number of hydrogen-bond donors (Lipinski definition) is 2. The van der Waals surface area contributed by atoms with Crippen LogP contribution in [0, 0.1) is 0 Å². The Labute approximate surface area is 67.7 Å². The van der Waals surface area contributed by atoms with Crippen molar-refractivity contribution in [1.82, 2.24) is 10.5 Å². The molecule has 0 saturated carbocycles. The summed E-state index contributed by atoms with van der Waals surface area (Å²) in [5, 5.41) is 5.60. The van der Waals surface area contributed by atoms with Gasteiger partial charge in [-0.1, -0.05) is 5.16 Å². The second-order valence-electron chi connectivity index (χ2n) is 2.03. The highest BCUT2D eigenvalue weighted by Gasteiger charge is 2.08. The molecule has 0 saturated heterocycles. The molecule has 0 atom stereocenters. The van der Waals surface area contributed by atoms with Crippen molar-refractivity contribution in [2.24, 2.45) is 5.73 Å². The van der Waals surface area contributed by atoms with Gasteiger partial charge in [-0.25, -0.2) is 0 Å². The van der Waals surface area contributed by atoms with E-state index in [1.807, 2.05) is 0 Å². The van der Waals surface area contributed by atoms with Crippen LogP contribution in [0.25, 0.3) is 0 Å². The molecule has 0 fully saturated rings. The Kier molecular flexibility index (Phi) is 2.42. The highest BCUT2D eigenvalue weighted by atomic mass is 16.5. The molecular weight excluding hydrogens is 162 g/mol. The van der Waals surface area contributed by atoms with Gasteiger partial charge in [0.25, 0.3) is 5.91 Å². The lowest BCUT2D eigenvalue weighted by Crippen LogP contribution is -2.33. The number of primary amides is 1. The Bertz CT molecular complexity index is 280. The van der Waals surface area contributed by atoms with Crippen LogP contribution >= 0.6 is 0 Å². The highest BCUT2D eigenvalue weighted by Crippen LogP contribution is 1.92. The van der Waals surface area contributed by atoms with Crippen molar-refractivity contribution in [3.63, 3.8) is 0 Å². The topological polar surface area (TPSA) is 98.2 Å². The van der Waals surface area contributed by atoms with E-state index in [1.54, 1.807) is 0 Å². The first kappa shape index (κ1) is 8.25. The molecule has 1 heterocycles. The summed E-state index contributed by atoms with van der Waals surface area (Å²) in [6, 6.07) is 1.39. The number of nitrogens with zero attached hydrogens (tertiary/aromatic N) is 1. The van der Waals surface area contributed by atoms with Gasteiger partial charge in [-0.05, 0) is 0 Å². The average Bonchev–Trinajstić information content (AvgIpc) is 2.51. The van der Waals surface area contributed by atoms with E-state index in [2.05, 4.69) is 15.0 Å². The average molecular weight is 169 g/mol. The van der Waals surface area contributed by atoms with E-state index < -0.39 is 11.8 Å². The summed E-state index contributed by atoms with van der Waals surface area (Å²) in [7, 11) is 0. The van der Waals surface area contributed by atoms with Crippen molar-refractivity contribution < 1.29 is 14.1 Å². The van der Waals surface area contributed by atoms with Gasteiger partial charge < -0.3 is 15.6 Å². The fourth-order valence-corrected chi connectivity index (χ4v) is 0.588. The minimum absolute atomic E-state index is 0.122. The summed E-state index contributed by atoms with van der Waals surface area (Å²) >= 11 is 0. The number of nitrogens with one attached hydrogen (secondary N) is 1. The molecule has 0 radical (unpaired) electrons. The fraction of sp³-hybridized carbons (Fsp3) is 0.167. The van der Waals surface area contributed by atoms with Crippen LogP contribution in [-0.4, -0.2) is 23.5 Å². The lowest BCUT2D eigenvalue weighted by Gasteiger charge is -1.96. The quantitative estimate of drug-likeness (QED) is 0.599. The summed E-state index contributed by atoms with van der Waals surface area (Å²) in [5.41, 5.74) is 4.92. The van der Waals surface area contributed by atoms with Crippen LogP contribution in [0.15, 0.2) is 16.9 Å². The number of carbonyl (C=O) groups is 2. The molecule has 0 aromatic carbocycles. The molecule has 64 valence electrons. The van der Waals surface area contributed by atoms with E-state index in [0.29, 0.717) is 0 Å². The monoisotopic (exact) mass is 169 g/mol. The van der Waals surface area contributed by atoms with Gasteiger partial charge >= 0.3 is 0 Å². The standard InChI is InChI=1S/C6H7N3O3/c7-5(10)3-8-6(11)4-1-2-12-9-4/h1-2H,3H2,(H2,7,10)(H,8,11). The van der Waals surface area contributed by atoms with Crippen molar-refractivity contribution in [3.8, 4) is 0 Å². The summed E-state index contributed by atoms with van der Waals surface area (Å²) < 4.78 is 4.42. The maximum absolute atomic E-state index is 11.0. The van der Waals surface area contributed by atoms with Crippen LogP contribution in [-0.2, 0) is 4.79 Å². The largest absolute Gasteiger partial charge is 0.368 e. The van der Waals surface area contributed by atoms with Gasteiger partial charge in [0.05, 0.1) is 6.54 Å². The van der Waals surface area contributed by atoms with E-state index >= 15 is 0 Å². The van der Waals surface area contributed by atoms with Crippen LogP contribution in [0.3, 0.4) is 0 Å². The normalized spacial score (nSPS) is 9.33. The SMILES string of the molecule is NC(=O)CNC(=O)c1ccon1. The van der Waals surface area contributed by atoms with E-state index in [1.165, 1.54) is 12.3 Å². The van der Waals surface area contributed by atoms with Gasteiger partial charge in [0.15, 0.2) is 5.69 Å². The Morgan fingerprint density at radius 1 is 1.67 bits per heavy atom. The second-order valence-corrected chi connectivity index (χ2v) is 2.03. The number of nitrogens with two attached hydrogens (primary N) is 1. The van der Waals surface area contributed by atoms with E-state index in [9.17, 15) is 9.59 Å². The zero-order valence-electron chi connectivity index (χ0n) is 6.11. The van der Waals surface area contributed by atoms with Gasteiger partial charge in [-0.15, -0.1) is 0 Å². The summed E-state index contributed by atoms with van der Waals surface area (Å²) in [6.07, 6.45) is 1.26. The smallest absolute Gasteiger partial charge is 0.273 e. The zero-order chi connectivity index (χ0) is 8.97. The molecule has 0 aliphatic rings. The third-order valence-electron chi connectivity index (χ3n) is 1.09. The lowest BCUT2D eigenvalue weighted by atomic mass is 10.4. The molecule has 1 rings (SSSR count). The van der Waals surface area contributed by atoms with Crippen LogP contribution in [0.1, 0.15) is 10.5 Å². The molecule has 12 heavy (non-hydrogen) atoms. The minimum Gasteiger partial charge on any atom is -0.368 e. The number of aromatic nitrogens is 1. The first-order chi connectivity index (χ1) is 5.70. The van der Waals surface area contributed by atoms with Crippen molar-refractivity contribution >= 4 is 11.8 Å². The number of amides is 2. The van der Waals surface area contributed by atoms with E-state index in [4.69, 9.17) is 5.73 Å². The molecule has 0 unspecified atom stereocenters. The zero-order valence-corrected chi connectivity index (χ0v) is 6.11. The van der Waals surface area contributed by atoms with Gasteiger partial charge in [-0.2, -0.15) is 0 Å². The van der Waals surface area contributed by atoms with E-state index in [-0.39, 0.29) is 12.2 Å². The van der Waals surface area contributed by atoms with Gasteiger partial charge in [0, 0.05) is 6.07 Å². The van der Waals surface area contributed by atoms with Crippen LogP contribution in [0.2, 0.25) is 0 Å². The first-order valence-electron chi connectivity index (χ1n) is 3.17. The number of rotatable bonds is 3. The van der Waals surface area contributed by atoms with Gasteiger partial charge in [0.1, 0.15) is 6.26 Å². The second kappa shape index (κ2) is 3.51. The Balaban J connectivity index is 2.45. The summed E-state index contributed by atoms with van der Waals surface area (Å²) in [6.45, 7) is -0.203. The molecule has 0 aliphatic heterocycles. The van der Waals surface area contributed by atoms with Crippen molar-refractivity contribution in [1.29, 1.82) is 0 Å². The van der Waals surface area contributed by atoms with Gasteiger partial charge in [-0.3, -0.25) is 9.59 Å². The first-order valence-corrected chi connectivity index (χ1v) is 3.17. The molecule has 0 bridgehead atoms. The Hall–Kier alpha value is -1.85.